The van der Waals surface area contributed by atoms with E-state index < -0.39 is 12.1 Å². The van der Waals surface area contributed by atoms with Gasteiger partial charge in [0, 0.05) is 6.07 Å². The van der Waals surface area contributed by atoms with E-state index in [4.69, 9.17) is 13.9 Å². The normalized spacial score (nSPS) is 17.6. The molecule has 0 N–H and O–H groups in total. The quantitative estimate of drug-likeness (QED) is 0.685. The predicted octanol–water partition coefficient (Wildman–Crippen LogP) is 3.28. The molecule has 1 aromatic carbocycles. The van der Waals surface area contributed by atoms with Gasteiger partial charge >= 0.3 is 12.1 Å². The van der Waals surface area contributed by atoms with Gasteiger partial charge in [0.1, 0.15) is 24.0 Å². The molecule has 0 aliphatic carbocycles. The highest BCUT2D eigenvalue weighted by Crippen LogP contribution is 2.35. The van der Waals surface area contributed by atoms with Gasteiger partial charge in [-0.3, -0.25) is 0 Å². The van der Waals surface area contributed by atoms with Gasteiger partial charge in [-0.1, -0.05) is 6.07 Å². The van der Waals surface area contributed by atoms with Crippen molar-refractivity contribution in [2.24, 2.45) is 0 Å². The third-order valence-corrected chi connectivity index (χ3v) is 3.23. The first kappa shape index (κ1) is 14.1. The molecule has 1 atom stereocenters. The molecule has 0 unspecified atom stereocenters. The van der Waals surface area contributed by atoms with E-state index in [1.807, 2.05) is 0 Å². The summed E-state index contributed by atoms with van der Waals surface area (Å²) in [4.78, 5) is 0. The lowest BCUT2D eigenvalue weighted by Gasteiger charge is -2.04. The second-order valence-electron chi connectivity index (χ2n) is 4.96. The molecule has 1 aliphatic heterocycles. The molecule has 1 saturated heterocycles. The second-order valence-corrected chi connectivity index (χ2v) is 4.96. The van der Waals surface area contributed by atoms with Gasteiger partial charge in [-0.25, -0.2) is 0 Å². The number of ether oxygens (including phenoxy) is 2. The van der Waals surface area contributed by atoms with E-state index in [9.17, 15) is 13.2 Å². The fourth-order valence-electron chi connectivity index (χ4n) is 2.05. The van der Waals surface area contributed by atoms with Crippen LogP contribution >= 0.6 is 0 Å². The van der Waals surface area contributed by atoms with E-state index in [0.29, 0.717) is 29.9 Å². The molecular formula is C14H9F3N2O4. The molecule has 0 bridgehead atoms. The van der Waals surface area contributed by atoms with Crippen LogP contribution in [0.2, 0.25) is 0 Å². The van der Waals surface area contributed by atoms with Gasteiger partial charge in [0.2, 0.25) is 0 Å². The lowest BCUT2D eigenvalue weighted by Crippen LogP contribution is -2.04. The van der Waals surface area contributed by atoms with Gasteiger partial charge in [-0.05, 0) is 12.1 Å². The van der Waals surface area contributed by atoms with E-state index in [0.717, 1.165) is 0 Å². The summed E-state index contributed by atoms with van der Waals surface area (Å²) in [6, 6.07) is 6.62. The number of furan rings is 1. The standard InChI is InChI=1S/C14H9F3N2O4/c15-14(16,17)13-19-18-12(23-13)11-4-8-9(21-6-7-5-20-7)2-1-3-10(8)22-11/h1-4,7H,5-6H2/t7-/m0/s1. The van der Waals surface area contributed by atoms with Crippen molar-refractivity contribution in [1.29, 1.82) is 0 Å². The van der Waals surface area contributed by atoms with E-state index in [2.05, 4.69) is 14.6 Å². The lowest BCUT2D eigenvalue weighted by molar-refractivity contribution is -0.157. The van der Waals surface area contributed by atoms with Crippen LogP contribution in [0.25, 0.3) is 22.6 Å². The zero-order valence-electron chi connectivity index (χ0n) is 11.5. The number of epoxide rings is 1. The predicted molar refractivity (Wildman–Crippen MR) is 69.7 cm³/mol. The smallest absolute Gasteiger partial charge is 0.470 e. The number of alkyl halides is 3. The Morgan fingerprint density at radius 1 is 1.22 bits per heavy atom. The zero-order valence-corrected chi connectivity index (χ0v) is 11.5. The maximum atomic E-state index is 12.5. The Hall–Kier alpha value is -2.55. The largest absolute Gasteiger partial charge is 0.490 e. The Kier molecular flexibility index (Phi) is 3.05. The molecule has 2 aromatic heterocycles. The number of halogens is 3. The number of hydrogen-bond acceptors (Lipinski definition) is 6. The molecule has 0 amide bonds. The summed E-state index contributed by atoms with van der Waals surface area (Å²) < 4.78 is 58.3. The van der Waals surface area contributed by atoms with Gasteiger partial charge in [-0.15, -0.1) is 10.2 Å². The van der Waals surface area contributed by atoms with Gasteiger partial charge < -0.3 is 18.3 Å². The van der Waals surface area contributed by atoms with Crippen LogP contribution in [0.3, 0.4) is 0 Å². The number of aromatic nitrogens is 2. The van der Waals surface area contributed by atoms with Crippen molar-refractivity contribution in [3.63, 3.8) is 0 Å². The molecule has 3 aromatic rings. The molecule has 120 valence electrons. The van der Waals surface area contributed by atoms with Crippen LogP contribution in [-0.2, 0) is 10.9 Å². The van der Waals surface area contributed by atoms with E-state index >= 15 is 0 Å². The molecule has 0 saturated carbocycles. The highest BCUT2D eigenvalue weighted by molar-refractivity contribution is 5.87. The van der Waals surface area contributed by atoms with Crippen molar-refractivity contribution in [3.05, 3.63) is 30.2 Å². The third-order valence-electron chi connectivity index (χ3n) is 3.23. The highest BCUT2D eigenvalue weighted by Gasteiger charge is 2.38. The van der Waals surface area contributed by atoms with Crippen molar-refractivity contribution < 1.29 is 31.5 Å². The molecule has 0 radical (unpaired) electrons. The van der Waals surface area contributed by atoms with Gasteiger partial charge in [0.25, 0.3) is 5.89 Å². The van der Waals surface area contributed by atoms with Crippen LogP contribution in [0.15, 0.2) is 33.1 Å². The van der Waals surface area contributed by atoms with E-state index in [1.165, 1.54) is 6.07 Å². The first-order valence-electron chi connectivity index (χ1n) is 6.69. The maximum absolute atomic E-state index is 12.5. The average molecular weight is 326 g/mol. The summed E-state index contributed by atoms with van der Waals surface area (Å²) in [5.41, 5.74) is 0.445. The Morgan fingerprint density at radius 3 is 2.74 bits per heavy atom. The maximum Gasteiger partial charge on any atom is 0.470 e. The SMILES string of the molecule is FC(F)(F)c1nnc(-c2cc3c(OC[C@@H]4CO4)cccc3o2)o1. The first-order valence-corrected chi connectivity index (χ1v) is 6.69. The minimum Gasteiger partial charge on any atom is -0.490 e. The Labute approximate surface area is 126 Å². The monoisotopic (exact) mass is 326 g/mol. The molecule has 4 rings (SSSR count). The van der Waals surface area contributed by atoms with Crippen molar-refractivity contribution in [2.75, 3.05) is 13.2 Å². The molecule has 6 nitrogen and oxygen atoms in total. The average Bonchev–Trinajstić information content (AvgIpc) is 3.01. The molecular weight excluding hydrogens is 317 g/mol. The summed E-state index contributed by atoms with van der Waals surface area (Å²) in [5.74, 6) is -1.18. The Bertz CT molecular complexity index is 851. The first-order chi connectivity index (χ1) is 11.0. The number of fused-ring (bicyclic) bond motifs is 1. The Balaban J connectivity index is 1.68. The van der Waals surface area contributed by atoms with Crippen LogP contribution in [0.1, 0.15) is 5.89 Å². The van der Waals surface area contributed by atoms with Crippen LogP contribution < -0.4 is 4.74 Å². The molecule has 1 fully saturated rings. The van der Waals surface area contributed by atoms with Crippen molar-refractivity contribution in [1.82, 2.24) is 10.2 Å². The minimum atomic E-state index is -4.70. The zero-order chi connectivity index (χ0) is 16.0. The summed E-state index contributed by atoms with van der Waals surface area (Å²) in [5, 5.41) is 6.95. The fourth-order valence-corrected chi connectivity index (χ4v) is 2.05. The fraction of sp³-hybridized carbons (Fsp3) is 0.286. The highest BCUT2D eigenvalue weighted by atomic mass is 19.4. The number of rotatable bonds is 4. The number of nitrogens with zero attached hydrogens (tertiary/aromatic N) is 2. The van der Waals surface area contributed by atoms with Crippen LogP contribution in [0.5, 0.6) is 5.75 Å². The van der Waals surface area contributed by atoms with Gasteiger partial charge in [0.05, 0.1) is 12.0 Å². The summed E-state index contributed by atoms with van der Waals surface area (Å²) >= 11 is 0. The summed E-state index contributed by atoms with van der Waals surface area (Å²) in [6.45, 7) is 1.06. The molecule has 23 heavy (non-hydrogen) atoms. The third kappa shape index (κ3) is 2.74. The van der Waals surface area contributed by atoms with Crippen LogP contribution in [0, 0.1) is 0 Å². The minimum absolute atomic E-state index is 0.0433. The number of hydrogen-bond donors (Lipinski definition) is 0. The van der Waals surface area contributed by atoms with Gasteiger partial charge in [0.15, 0.2) is 5.76 Å². The van der Waals surface area contributed by atoms with Crippen molar-refractivity contribution in [3.8, 4) is 17.4 Å². The van der Waals surface area contributed by atoms with Crippen LogP contribution in [-0.4, -0.2) is 29.5 Å². The molecule has 0 spiro atoms. The van der Waals surface area contributed by atoms with Crippen LogP contribution in [0.4, 0.5) is 13.2 Å². The molecule has 9 heteroatoms. The summed E-state index contributed by atoms with van der Waals surface area (Å²) in [7, 11) is 0. The lowest BCUT2D eigenvalue weighted by atomic mass is 10.2. The molecule has 3 heterocycles. The van der Waals surface area contributed by atoms with Crippen molar-refractivity contribution >= 4 is 11.0 Å². The van der Waals surface area contributed by atoms with Crippen molar-refractivity contribution in [2.45, 2.75) is 12.3 Å². The van der Waals surface area contributed by atoms with E-state index in [-0.39, 0.29) is 17.8 Å². The topological polar surface area (TPSA) is 73.8 Å². The van der Waals surface area contributed by atoms with Gasteiger partial charge in [-0.2, -0.15) is 13.2 Å². The Morgan fingerprint density at radius 2 is 2.04 bits per heavy atom. The summed E-state index contributed by atoms with van der Waals surface area (Å²) in [6.07, 6.45) is -4.61. The molecule has 1 aliphatic rings. The van der Waals surface area contributed by atoms with E-state index in [1.54, 1.807) is 18.2 Å². The number of benzene rings is 1. The second kappa shape index (κ2) is 4.98.